The zero-order chi connectivity index (χ0) is 18.3. The lowest BCUT2D eigenvalue weighted by Crippen LogP contribution is -2.24. The van der Waals surface area contributed by atoms with Gasteiger partial charge in [-0.2, -0.15) is 0 Å². The SMILES string of the molecule is Oc1c(Cc2ccc(Cl)cc2)nc2c3c(ccc2c1C(O)O)CCNC3. The highest BCUT2D eigenvalue weighted by Gasteiger charge is 2.23. The number of nitrogens with one attached hydrogen (secondary N) is 1. The summed E-state index contributed by atoms with van der Waals surface area (Å²) in [5.74, 6) is -0.175. The van der Waals surface area contributed by atoms with Gasteiger partial charge in [-0.05, 0) is 41.8 Å². The summed E-state index contributed by atoms with van der Waals surface area (Å²) in [7, 11) is 0. The first-order valence-electron chi connectivity index (χ1n) is 8.52. The predicted molar refractivity (Wildman–Crippen MR) is 100 cm³/mol. The second-order valence-corrected chi connectivity index (χ2v) is 6.96. The van der Waals surface area contributed by atoms with E-state index in [4.69, 9.17) is 16.6 Å². The van der Waals surface area contributed by atoms with Gasteiger partial charge in [-0.15, -0.1) is 0 Å². The van der Waals surface area contributed by atoms with Crippen LogP contribution in [0, 0.1) is 0 Å². The number of aliphatic hydroxyl groups is 2. The van der Waals surface area contributed by atoms with Gasteiger partial charge in [0.15, 0.2) is 6.29 Å². The van der Waals surface area contributed by atoms with Gasteiger partial charge in [0.25, 0.3) is 0 Å². The van der Waals surface area contributed by atoms with E-state index in [1.54, 1.807) is 12.1 Å². The Morgan fingerprint density at radius 2 is 1.88 bits per heavy atom. The van der Waals surface area contributed by atoms with Crippen LogP contribution < -0.4 is 5.32 Å². The van der Waals surface area contributed by atoms with Crippen LogP contribution in [0.1, 0.15) is 34.2 Å². The van der Waals surface area contributed by atoms with Crippen molar-refractivity contribution in [2.24, 2.45) is 0 Å². The quantitative estimate of drug-likeness (QED) is 0.533. The zero-order valence-corrected chi connectivity index (χ0v) is 14.8. The number of rotatable bonds is 3. The highest BCUT2D eigenvalue weighted by atomic mass is 35.5. The van der Waals surface area contributed by atoms with Crippen LogP contribution in [0.2, 0.25) is 5.02 Å². The van der Waals surface area contributed by atoms with Gasteiger partial charge >= 0.3 is 0 Å². The number of halogens is 1. The van der Waals surface area contributed by atoms with Crippen LogP contribution >= 0.6 is 11.6 Å². The van der Waals surface area contributed by atoms with E-state index in [1.165, 1.54) is 5.56 Å². The van der Waals surface area contributed by atoms with Crippen LogP contribution in [0.5, 0.6) is 5.75 Å². The minimum atomic E-state index is -1.78. The van der Waals surface area contributed by atoms with Gasteiger partial charge in [-0.25, -0.2) is 4.98 Å². The Hall–Kier alpha value is -2.18. The summed E-state index contributed by atoms with van der Waals surface area (Å²) in [5, 5.41) is 34.9. The summed E-state index contributed by atoms with van der Waals surface area (Å²) in [6.07, 6.45) is -0.508. The van der Waals surface area contributed by atoms with E-state index in [0.717, 1.165) is 24.1 Å². The molecule has 0 atom stereocenters. The number of benzene rings is 2. The maximum absolute atomic E-state index is 10.7. The monoisotopic (exact) mass is 370 g/mol. The van der Waals surface area contributed by atoms with E-state index in [0.29, 0.717) is 34.6 Å². The molecule has 0 amide bonds. The fourth-order valence-corrected chi connectivity index (χ4v) is 3.67. The minimum Gasteiger partial charge on any atom is -0.506 e. The number of fused-ring (bicyclic) bond motifs is 3. The van der Waals surface area contributed by atoms with Gasteiger partial charge in [-0.1, -0.05) is 35.9 Å². The largest absolute Gasteiger partial charge is 0.506 e. The molecular formula is C20H19ClN2O3. The first-order chi connectivity index (χ1) is 12.5. The van der Waals surface area contributed by atoms with Crippen LogP contribution in [0.25, 0.3) is 10.9 Å². The zero-order valence-electron chi connectivity index (χ0n) is 14.0. The highest BCUT2D eigenvalue weighted by Crippen LogP contribution is 2.36. The number of aliphatic hydroxyl groups excluding tert-OH is 1. The molecule has 0 saturated carbocycles. The molecule has 2 aromatic carbocycles. The maximum atomic E-state index is 10.7. The summed E-state index contributed by atoms with van der Waals surface area (Å²) >= 11 is 5.93. The van der Waals surface area contributed by atoms with Crippen molar-refractivity contribution in [3.8, 4) is 5.75 Å². The van der Waals surface area contributed by atoms with Crippen molar-refractivity contribution in [3.05, 3.63) is 69.4 Å². The molecule has 0 spiro atoms. The van der Waals surface area contributed by atoms with Crippen LogP contribution in [0.3, 0.4) is 0 Å². The van der Waals surface area contributed by atoms with Crippen LogP contribution in [0.15, 0.2) is 36.4 Å². The van der Waals surface area contributed by atoms with Crippen LogP contribution in [-0.4, -0.2) is 26.8 Å². The molecule has 1 aromatic heterocycles. The highest BCUT2D eigenvalue weighted by molar-refractivity contribution is 6.30. The number of pyridine rings is 1. The van der Waals surface area contributed by atoms with Crippen LogP contribution in [-0.2, 0) is 19.4 Å². The number of hydrogen-bond donors (Lipinski definition) is 4. The third-order valence-corrected chi connectivity index (χ3v) is 5.11. The molecule has 5 nitrogen and oxygen atoms in total. The molecule has 4 rings (SSSR count). The van der Waals surface area contributed by atoms with Crippen molar-refractivity contribution in [1.82, 2.24) is 10.3 Å². The fourth-order valence-electron chi connectivity index (χ4n) is 3.54. The molecule has 4 N–H and O–H groups in total. The van der Waals surface area contributed by atoms with E-state index in [2.05, 4.69) is 5.32 Å². The Morgan fingerprint density at radius 1 is 1.12 bits per heavy atom. The molecule has 3 aromatic rings. The molecular weight excluding hydrogens is 352 g/mol. The summed E-state index contributed by atoms with van der Waals surface area (Å²) < 4.78 is 0. The first kappa shape index (κ1) is 17.2. The van der Waals surface area contributed by atoms with Crippen molar-refractivity contribution in [3.63, 3.8) is 0 Å². The van der Waals surface area contributed by atoms with Gasteiger partial charge in [0.05, 0.1) is 16.8 Å². The first-order valence-corrected chi connectivity index (χ1v) is 8.90. The lowest BCUT2D eigenvalue weighted by molar-refractivity contribution is -0.0427. The molecule has 0 bridgehead atoms. The van der Waals surface area contributed by atoms with Crippen molar-refractivity contribution < 1.29 is 15.3 Å². The molecule has 0 radical (unpaired) electrons. The lowest BCUT2D eigenvalue weighted by atomic mass is 9.94. The van der Waals surface area contributed by atoms with Crippen molar-refractivity contribution in [2.75, 3.05) is 6.54 Å². The Kier molecular flexibility index (Phi) is 4.54. The fraction of sp³-hybridized carbons (Fsp3) is 0.250. The predicted octanol–water partition coefficient (Wildman–Crippen LogP) is 2.81. The molecule has 1 aliphatic heterocycles. The number of aromatic hydroxyl groups is 1. The third kappa shape index (κ3) is 3.04. The Morgan fingerprint density at radius 3 is 2.62 bits per heavy atom. The van der Waals surface area contributed by atoms with Crippen LogP contribution in [0.4, 0.5) is 0 Å². The molecule has 0 saturated heterocycles. The van der Waals surface area contributed by atoms with Gasteiger partial charge in [-0.3, -0.25) is 0 Å². The second-order valence-electron chi connectivity index (χ2n) is 6.52. The van der Waals surface area contributed by atoms with Crippen molar-refractivity contribution in [1.29, 1.82) is 0 Å². The maximum Gasteiger partial charge on any atom is 0.182 e. The molecule has 26 heavy (non-hydrogen) atoms. The topological polar surface area (TPSA) is 85.6 Å². The van der Waals surface area contributed by atoms with E-state index in [1.807, 2.05) is 24.3 Å². The molecule has 0 fully saturated rings. The Labute approximate surface area is 155 Å². The summed E-state index contributed by atoms with van der Waals surface area (Å²) in [6, 6.07) is 11.1. The number of hydrogen-bond acceptors (Lipinski definition) is 5. The Bertz CT molecular complexity index is 971. The van der Waals surface area contributed by atoms with E-state index in [9.17, 15) is 15.3 Å². The Balaban J connectivity index is 1.91. The lowest BCUT2D eigenvalue weighted by Gasteiger charge is -2.21. The second kappa shape index (κ2) is 6.85. The van der Waals surface area contributed by atoms with Gasteiger partial charge in [0, 0.05) is 23.4 Å². The minimum absolute atomic E-state index is 0.104. The molecule has 0 unspecified atom stereocenters. The van der Waals surface area contributed by atoms with E-state index < -0.39 is 6.29 Å². The van der Waals surface area contributed by atoms with Gasteiger partial charge < -0.3 is 20.6 Å². The van der Waals surface area contributed by atoms with E-state index in [-0.39, 0.29) is 11.3 Å². The average Bonchev–Trinajstić information content (AvgIpc) is 2.64. The summed E-state index contributed by atoms with van der Waals surface area (Å²) in [5.41, 5.74) is 4.41. The van der Waals surface area contributed by atoms with Gasteiger partial charge in [0.1, 0.15) is 5.75 Å². The molecule has 2 heterocycles. The number of aromatic nitrogens is 1. The smallest absolute Gasteiger partial charge is 0.182 e. The molecule has 0 aliphatic carbocycles. The van der Waals surface area contributed by atoms with Crippen molar-refractivity contribution in [2.45, 2.75) is 25.7 Å². The van der Waals surface area contributed by atoms with Gasteiger partial charge in [0.2, 0.25) is 0 Å². The number of nitrogens with zero attached hydrogens (tertiary/aromatic N) is 1. The van der Waals surface area contributed by atoms with Crippen molar-refractivity contribution >= 4 is 22.5 Å². The molecule has 134 valence electrons. The molecule has 6 heteroatoms. The standard InChI is InChI=1S/C20H19ClN2O3/c21-13-4-1-11(2-5-13)9-16-19(24)17(20(25)26)14-6-3-12-7-8-22-10-15(12)18(14)23-16/h1-6,20,22,24-26H,7-10H2. The third-order valence-electron chi connectivity index (χ3n) is 4.86. The molecule has 1 aliphatic rings. The van der Waals surface area contributed by atoms with E-state index >= 15 is 0 Å². The average molecular weight is 371 g/mol. The normalized spacial score (nSPS) is 14.0. The summed E-state index contributed by atoms with van der Waals surface area (Å²) in [4.78, 5) is 4.70. The summed E-state index contributed by atoms with van der Waals surface area (Å²) in [6.45, 7) is 1.58.